The van der Waals surface area contributed by atoms with E-state index < -0.39 is 0 Å². The van der Waals surface area contributed by atoms with Crippen molar-refractivity contribution in [2.75, 3.05) is 26.8 Å². The molecule has 0 atom stereocenters. The molecule has 3 nitrogen and oxygen atoms in total. The molecule has 0 aliphatic carbocycles. The van der Waals surface area contributed by atoms with Gasteiger partial charge in [0, 0.05) is 45.9 Å². The molecule has 0 saturated heterocycles. The van der Waals surface area contributed by atoms with Crippen molar-refractivity contribution in [3.8, 4) is 0 Å². The standard InChI is InChI=1S/C13H26NO2.Y/c1-13(2)8-4-6-10-16-11-7-5-9-14(3)12-15;/h13H,4-11H2,1-3H3;/q-1;. The Kier molecular flexibility index (Phi) is 17.1. The maximum atomic E-state index is 10.2. The molecule has 0 spiro atoms. The van der Waals surface area contributed by atoms with E-state index in [-0.39, 0.29) is 32.7 Å². The van der Waals surface area contributed by atoms with Gasteiger partial charge < -0.3 is 14.4 Å². The van der Waals surface area contributed by atoms with Crippen LogP contribution in [-0.2, 0) is 42.2 Å². The minimum absolute atomic E-state index is 0. The van der Waals surface area contributed by atoms with Crippen LogP contribution in [0.15, 0.2) is 0 Å². The summed E-state index contributed by atoms with van der Waals surface area (Å²) in [5.41, 5.74) is 0. The summed E-state index contributed by atoms with van der Waals surface area (Å²) in [6.07, 6.45) is 7.58. The van der Waals surface area contributed by atoms with Crippen molar-refractivity contribution in [3.05, 3.63) is 0 Å². The van der Waals surface area contributed by atoms with Gasteiger partial charge in [0.2, 0.25) is 0 Å². The molecule has 0 aliphatic heterocycles. The maximum absolute atomic E-state index is 10.2. The van der Waals surface area contributed by atoms with Gasteiger partial charge in [-0.1, -0.05) is 26.7 Å². The van der Waals surface area contributed by atoms with E-state index in [2.05, 4.69) is 13.8 Å². The quantitative estimate of drug-likeness (QED) is 0.333. The third kappa shape index (κ3) is 16.5. The van der Waals surface area contributed by atoms with Gasteiger partial charge in [-0.05, 0) is 38.8 Å². The zero-order valence-electron chi connectivity index (χ0n) is 11.6. The molecule has 0 aromatic rings. The fraction of sp³-hybridized carbons (Fsp3) is 0.923. The van der Waals surface area contributed by atoms with E-state index in [9.17, 15) is 4.79 Å². The molecule has 99 valence electrons. The summed E-state index contributed by atoms with van der Waals surface area (Å²) in [6, 6.07) is 0. The van der Waals surface area contributed by atoms with Crippen molar-refractivity contribution in [1.82, 2.24) is 4.90 Å². The Morgan fingerprint density at radius 1 is 1.12 bits per heavy atom. The van der Waals surface area contributed by atoms with Gasteiger partial charge in [-0.3, -0.25) is 0 Å². The fourth-order valence-electron chi connectivity index (χ4n) is 1.46. The Morgan fingerprint density at radius 2 is 1.71 bits per heavy atom. The molecule has 0 aromatic carbocycles. The smallest absolute Gasteiger partial charge is 0.0466 e. The molecule has 0 aromatic heterocycles. The second-order valence-electron chi connectivity index (χ2n) is 4.72. The Labute approximate surface area is 132 Å². The molecule has 0 heterocycles. The largest absolute Gasteiger partial charge is 0.520 e. The zero-order valence-corrected chi connectivity index (χ0v) is 14.4. The predicted octanol–water partition coefficient (Wildman–Crippen LogP) is 2.61. The summed E-state index contributed by atoms with van der Waals surface area (Å²) >= 11 is 0. The average Bonchev–Trinajstić information content (AvgIpc) is 2.26. The van der Waals surface area contributed by atoms with Gasteiger partial charge in [0.15, 0.2) is 0 Å². The van der Waals surface area contributed by atoms with E-state index in [1.165, 1.54) is 19.3 Å². The minimum atomic E-state index is 0. The Balaban J connectivity index is 0. The second kappa shape index (κ2) is 14.6. The zero-order chi connectivity index (χ0) is 12.2. The molecular formula is C13H26NO2Y-. The summed E-state index contributed by atoms with van der Waals surface area (Å²) in [5, 5.41) is 0. The normalized spacial score (nSPS) is 10.1. The summed E-state index contributed by atoms with van der Waals surface area (Å²) in [4.78, 5) is 11.7. The van der Waals surface area contributed by atoms with Crippen LogP contribution in [0.2, 0.25) is 0 Å². The summed E-state index contributed by atoms with van der Waals surface area (Å²) < 4.78 is 5.51. The van der Waals surface area contributed by atoms with Gasteiger partial charge in [0.1, 0.15) is 0 Å². The second-order valence-corrected chi connectivity index (χ2v) is 4.72. The van der Waals surface area contributed by atoms with Crippen LogP contribution in [-0.4, -0.2) is 38.1 Å². The first-order chi connectivity index (χ1) is 7.66. The molecule has 0 bridgehead atoms. The number of rotatable bonds is 11. The van der Waals surface area contributed by atoms with Crippen molar-refractivity contribution in [1.29, 1.82) is 0 Å². The van der Waals surface area contributed by atoms with E-state index in [1.54, 1.807) is 11.9 Å². The average molecular weight is 317 g/mol. The molecule has 0 aliphatic rings. The van der Waals surface area contributed by atoms with Crippen LogP contribution in [0.1, 0.15) is 46.0 Å². The predicted molar refractivity (Wildman–Crippen MR) is 67.1 cm³/mol. The van der Waals surface area contributed by atoms with Crippen LogP contribution >= 0.6 is 0 Å². The minimum Gasteiger partial charge on any atom is -0.520 e. The van der Waals surface area contributed by atoms with Gasteiger partial charge in [-0.25, -0.2) is 0 Å². The molecule has 4 heteroatoms. The Bertz CT molecular complexity index is 165. The van der Waals surface area contributed by atoms with Crippen LogP contribution in [0.25, 0.3) is 0 Å². The van der Waals surface area contributed by atoms with E-state index in [4.69, 9.17) is 4.74 Å². The van der Waals surface area contributed by atoms with Crippen LogP contribution in [0.3, 0.4) is 0 Å². The summed E-state index contributed by atoms with van der Waals surface area (Å²) in [6.45, 7) is 6.97. The molecule has 0 N–H and O–H groups in total. The van der Waals surface area contributed by atoms with Gasteiger partial charge in [0.25, 0.3) is 0 Å². The first-order valence-corrected chi connectivity index (χ1v) is 6.33. The molecule has 0 saturated carbocycles. The van der Waals surface area contributed by atoms with Gasteiger partial charge in [0.05, 0.1) is 0 Å². The third-order valence-electron chi connectivity index (χ3n) is 2.51. The number of hydrogen-bond acceptors (Lipinski definition) is 2. The number of carbonyl (C=O) groups excluding carboxylic acids is 1. The molecular weight excluding hydrogens is 291 g/mol. The first-order valence-electron chi connectivity index (χ1n) is 6.33. The van der Waals surface area contributed by atoms with Gasteiger partial charge in [-0.15, -0.1) is 0 Å². The maximum Gasteiger partial charge on any atom is 0.0466 e. The number of ether oxygens (including phenoxy) is 1. The monoisotopic (exact) mass is 317 g/mol. The van der Waals surface area contributed by atoms with E-state index in [1.807, 2.05) is 6.41 Å². The van der Waals surface area contributed by atoms with E-state index >= 15 is 0 Å². The summed E-state index contributed by atoms with van der Waals surface area (Å²) in [5.74, 6) is 0.801. The molecule has 1 radical (unpaired) electrons. The first kappa shape index (κ1) is 19.9. The Hall–Kier alpha value is 0.534. The van der Waals surface area contributed by atoms with Crippen molar-refractivity contribution >= 4 is 6.41 Å². The van der Waals surface area contributed by atoms with Crippen molar-refractivity contribution < 1.29 is 42.2 Å². The number of unbranched alkanes of at least 4 members (excludes halogenated alkanes) is 2. The van der Waals surface area contributed by atoms with E-state index in [0.29, 0.717) is 0 Å². The fourth-order valence-corrected chi connectivity index (χ4v) is 1.46. The third-order valence-corrected chi connectivity index (χ3v) is 2.51. The van der Waals surface area contributed by atoms with Crippen LogP contribution in [0.4, 0.5) is 0 Å². The molecule has 0 fully saturated rings. The Morgan fingerprint density at radius 3 is 2.24 bits per heavy atom. The van der Waals surface area contributed by atoms with Crippen molar-refractivity contribution in [2.24, 2.45) is 5.92 Å². The summed E-state index contributed by atoms with van der Waals surface area (Å²) in [7, 11) is 1.75. The van der Waals surface area contributed by atoms with Gasteiger partial charge >= 0.3 is 0 Å². The molecule has 0 rings (SSSR count). The number of amides is 1. The number of hydrogen-bond donors (Lipinski definition) is 0. The van der Waals surface area contributed by atoms with Gasteiger partial charge in [-0.2, -0.15) is 6.41 Å². The van der Waals surface area contributed by atoms with Crippen LogP contribution < -0.4 is 0 Å². The molecule has 1 amide bonds. The topological polar surface area (TPSA) is 29.5 Å². The van der Waals surface area contributed by atoms with E-state index in [0.717, 1.165) is 38.5 Å². The van der Waals surface area contributed by atoms with Crippen LogP contribution in [0.5, 0.6) is 0 Å². The SMILES string of the molecule is CC(C)CCCCOCCCCN(C)[C-]=O.[Y]. The molecule has 0 unspecified atom stereocenters. The molecule has 17 heavy (non-hydrogen) atoms. The number of nitrogens with zero attached hydrogens (tertiary/aromatic N) is 1. The van der Waals surface area contributed by atoms with Crippen LogP contribution in [0, 0.1) is 5.92 Å². The van der Waals surface area contributed by atoms with Crippen molar-refractivity contribution in [3.63, 3.8) is 0 Å². The van der Waals surface area contributed by atoms with Crippen molar-refractivity contribution in [2.45, 2.75) is 46.0 Å².